The SMILES string of the molecule is N#CC(c1ccc2c(c1)Oc1cc(C(C#N)c3nc4ccccc4s3)ccc1C21OC(=O)c2cc(Cl)c(Cl)cc21)c1nc2ccccc2s1. The van der Waals surface area contributed by atoms with Gasteiger partial charge in [0.1, 0.15) is 33.4 Å². The Morgan fingerprint density at radius 3 is 1.69 bits per heavy atom. The number of hydrogen-bond donors (Lipinski definition) is 0. The van der Waals surface area contributed by atoms with E-state index in [2.05, 4.69) is 12.1 Å². The maximum Gasteiger partial charge on any atom is 0.340 e. The topological polar surface area (TPSA) is 109 Å². The molecule has 0 fully saturated rings. The molecule has 2 aromatic heterocycles. The maximum atomic E-state index is 13.5. The minimum absolute atomic E-state index is 0.230. The monoisotopic (exact) mass is 712 g/mol. The van der Waals surface area contributed by atoms with Gasteiger partial charge >= 0.3 is 5.97 Å². The quantitative estimate of drug-likeness (QED) is 0.167. The first kappa shape index (κ1) is 29.8. The summed E-state index contributed by atoms with van der Waals surface area (Å²) in [5.74, 6) is -1.13. The van der Waals surface area contributed by atoms with E-state index < -0.39 is 23.4 Å². The summed E-state index contributed by atoms with van der Waals surface area (Å²) in [4.78, 5) is 23.0. The molecule has 7 aromatic rings. The van der Waals surface area contributed by atoms with Crippen LogP contribution >= 0.6 is 45.9 Å². The molecule has 1 spiro atoms. The minimum atomic E-state index is -1.43. The molecule has 2 atom stereocenters. The third-order valence-corrected chi connectivity index (χ3v) is 11.9. The van der Waals surface area contributed by atoms with Gasteiger partial charge < -0.3 is 9.47 Å². The fourth-order valence-electron chi connectivity index (χ4n) is 6.68. The summed E-state index contributed by atoms with van der Waals surface area (Å²) in [5.41, 5.74) is 3.47. The molecule has 5 aromatic carbocycles. The highest BCUT2D eigenvalue weighted by molar-refractivity contribution is 7.19. The fraction of sp³-hybridized carbons (Fsp3) is 0.0789. The van der Waals surface area contributed by atoms with E-state index in [-0.39, 0.29) is 15.6 Å². The molecule has 0 amide bonds. The van der Waals surface area contributed by atoms with Gasteiger partial charge in [0.2, 0.25) is 0 Å². The number of halogens is 2. The van der Waals surface area contributed by atoms with Crippen LogP contribution in [0.1, 0.15) is 60.0 Å². The predicted octanol–water partition coefficient (Wildman–Crippen LogP) is 10.1. The van der Waals surface area contributed by atoms with E-state index in [4.69, 9.17) is 42.6 Å². The van der Waals surface area contributed by atoms with Gasteiger partial charge in [0, 0.05) is 16.7 Å². The summed E-state index contributed by atoms with van der Waals surface area (Å²) >= 11 is 15.9. The average molecular weight is 714 g/mol. The Kier molecular flexibility index (Phi) is 6.77. The fourth-order valence-corrected chi connectivity index (χ4v) is 9.09. The van der Waals surface area contributed by atoms with Crippen molar-refractivity contribution < 1.29 is 14.3 Å². The molecule has 2 unspecified atom stereocenters. The van der Waals surface area contributed by atoms with Crippen molar-refractivity contribution in [2.45, 2.75) is 17.4 Å². The Bertz CT molecular complexity index is 2430. The van der Waals surface area contributed by atoms with Crippen molar-refractivity contribution in [1.82, 2.24) is 9.97 Å². The molecule has 7 nitrogen and oxygen atoms in total. The van der Waals surface area contributed by atoms with Gasteiger partial charge in [0.05, 0.1) is 48.2 Å². The molecule has 0 saturated carbocycles. The van der Waals surface area contributed by atoms with Gasteiger partial charge in [-0.3, -0.25) is 0 Å². The van der Waals surface area contributed by atoms with Crippen LogP contribution in [0.2, 0.25) is 10.0 Å². The molecular weight excluding hydrogens is 695 g/mol. The third-order valence-electron chi connectivity index (χ3n) is 8.93. The number of aromatic nitrogens is 2. The number of nitriles is 2. The van der Waals surface area contributed by atoms with E-state index in [1.807, 2.05) is 72.8 Å². The zero-order chi connectivity index (χ0) is 33.4. The Labute approximate surface area is 297 Å². The summed E-state index contributed by atoms with van der Waals surface area (Å²) in [6.45, 7) is 0. The van der Waals surface area contributed by atoms with Gasteiger partial charge in [-0.05, 0) is 59.7 Å². The van der Waals surface area contributed by atoms with E-state index in [0.29, 0.717) is 49.3 Å². The first-order chi connectivity index (χ1) is 23.9. The Hall–Kier alpha value is -5.29. The number of rotatable bonds is 4. The van der Waals surface area contributed by atoms with Crippen molar-refractivity contribution in [2.24, 2.45) is 0 Å². The molecule has 0 aliphatic carbocycles. The normalized spacial score (nSPS) is 17.0. The molecule has 0 radical (unpaired) electrons. The lowest BCUT2D eigenvalue weighted by Crippen LogP contribution is -2.33. The highest BCUT2D eigenvalue weighted by Gasteiger charge is 2.54. The minimum Gasteiger partial charge on any atom is -0.456 e. The summed E-state index contributed by atoms with van der Waals surface area (Å²) in [6.07, 6.45) is 0. The van der Waals surface area contributed by atoms with E-state index in [9.17, 15) is 15.3 Å². The second kappa shape index (κ2) is 11.1. The lowest BCUT2D eigenvalue weighted by molar-refractivity contribution is 0.0224. The molecule has 0 N–H and O–H groups in total. The molecule has 4 heterocycles. The van der Waals surface area contributed by atoms with E-state index in [1.54, 1.807) is 18.2 Å². The van der Waals surface area contributed by atoms with Crippen LogP contribution in [0.15, 0.2) is 97.1 Å². The Morgan fingerprint density at radius 1 is 0.673 bits per heavy atom. The third kappa shape index (κ3) is 4.48. The van der Waals surface area contributed by atoms with Crippen LogP contribution in [0, 0.1) is 22.7 Å². The van der Waals surface area contributed by atoms with E-state index >= 15 is 0 Å². The van der Waals surface area contributed by atoms with Gasteiger partial charge in [-0.2, -0.15) is 10.5 Å². The zero-order valence-electron chi connectivity index (χ0n) is 25.0. The number of ether oxygens (including phenoxy) is 2. The van der Waals surface area contributed by atoms with Crippen LogP contribution in [0.25, 0.3) is 20.4 Å². The number of benzene rings is 5. The van der Waals surface area contributed by atoms with Crippen molar-refractivity contribution >= 4 is 72.3 Å². The zero-order valence-corrected chi connectivity index (χ0v) is 28.1. The van der Waals surface area contributed by atoms with Crippen molar-refractivity contribution in [3.63, 3.8) is 0 Å². The van der Waals surface area contributed by atoms with Gasteiger partial charge in [-0.1, -0.05) is 71.7 Å². The molecule has 49 heavy (non-hydrogen) atoms. The average Bonchev–Trinajstić information content (AvgIpc) is 3.80. The summed E-state index contributed by atoms with van der Waals surface area (Å²) < 4.78 is 14.9. The second-order valence-corrected chi connectivity index (χ2v) is 14.6. The maximum absolute atomic E-state index is 13.5. The molecule has 0 bridgehead atoms. The number of hydrogen-bond acceptors (Lipinski definition) is 9. The number of fused-ring (bicyclic) bond motifs is 8. The van der Waals surface area contributed by atoms with Crippen LogP contribution in [-0.4, -0.2) is 15.9 Å². The highest BCUT2D eigenvalue weighted by Crippen LogP contribution is 2.58. The van der Waals surface area contributed by atoms with Crippen molar-refractivity contribution in [3.8, 4) is 23.6 Å². The predicted molar refractivity (Wildman–Crippen MR) is 189 cm³/mol. The molecule has 2 aliphatic rings. The number of carbonyl (C=O) groups is 1. The van der Waals surface area contributed by atoms with Crippen molar-refractivity contribution in [2.75, 3.05) is 0 Å². The van der Waals surface area contributed by atoms with Gasteiger partial charge in [-0.25, -0.2) is 14.8 Å². The van der Waals surface area contributed by atoms with Crippen LogP contribution in [0.4, 0.5) is 0 Å². The van der Waals surface area contributed by atoms with Gasteiger partial charge in [-0.15, -0.1) is 22.7 Å². The van der Waals surface area contributed by atoms with Crippen molar-refractivity contribution in [3.05, 3.63) is 151 Å². The molecule has 234 valence electrons. The Balaban J connectivity index is 1.23. The van der Waals surface area contributed by atoms with E-state index in [0.717, 1.165) is 20.4 Å². The summed E-state index contributed by atoms with van der Waals surface area (Å²) in [6, 6.07) is 34.4. The molecule has 0 saturated heterocycles. The number of carbonyl (C=O) groups excluding carboxylic acids is 1. The number of nitrogens with zero attached hydrogens (tertiary/aromatic N) is 4. The summed E-state index contributed by atoms with van der Waals surface area (Å²) in [7, 11) is 0. The van der Waals surface area contributed by atoms with Gasteiger partial charge in [0.15, 0.2) is 5.60 Å². The first-order valence-electron chi connectivity index (χ1n) is 15.1. The smallest absolute Gasteiger partial charge is 0.340 e. The molecular formula is C38H18Cl2N4O3S2. The number of para-hydroxylation sites is 2. The number of esters is 1. The van der Waals surface area contributed by atoms with Crippen molar-refractivity contribution in [1.29, 1.82) is 10.5 Å². The molecule has 11 heteroatoms. The lowest BCUT2D eigenvalue weighted by atomic mass is 9.76. The van der Waals surface area contributed by atoms with Crippen LogP contribution < -0.4 is 4.74 Å². The summed E-state index contributed by atoms with van der Waals surface area (Å²) in [5, 5.41) is 22.6. The lowest BCUT2D eigenvalue weighted by Gasteiger charge is -2.37. The largest absolute Gasteiger partial charge is 0.456 e. The van der Waals surface area contributed by atoms with Gasteiger partial charge in [0.25, 0.3) is 0 Å². The van der Waals surface area contributed by atoms with E-state index in [1.165, 1.54) is 28.7 Å². The first-order valence-corrected chi connectivity index (χ1v) is 17.5. The van der Waals surface area contributed by atoms with Crippen LogP contribution in [0.5, 0.6) is 11.5 Å². The van der Waals surface area contributed by atoms with Crippen LogP contribution in [-0.2, 0) is 10.3 Å². The molecule has 2 aliphatic heterocycles. The Morgan fingerprint density at radius 2 is 1.18 bits per heavy atom. The van der Waals surface area contributed by atoms with Crippen LogP contribution in [0.3, 0.4) is 0 Å². The standard InChI is InChI=1S/C38H18Cl2N4O3S2/c39-27-15-21-26(16-28(27)40)38(47-37(21)45)24-11-9-19(22(17-41)35-43-29-5-1-3-7-33(29)48-35)13-31(24)46-32-14-20(10-12-25(32)38)23(18-42)36-44-30-6-2-4-8-34(30)49-36/h1-16,22-23H. The highest BCUT2D eigenvalue weighted by atomic mass is 35.5. The number of thiazole rings is 2. The second-order valence-electron chi connectivity index (χ2n) is 11.7. The molecule has 9 rings (SSSR count).